The van der Waals surface area contributed by atoms with E-state index in [9.17, 15) is 14.0 Å². The van der Waals surface area contributed by atoms with Crippen LogP contribution in [0.25, 0.3) is 0 Å². The first-order valence-corrected chi connectivity index (χ1v) is 7.89. The topological polar surface area (TPSA) is 79.8 Å². The summed E-state index contributed by atoms with van der Waals surface area (Å²) in [6.45, 7) is 5.61. The largest absolute Gasteiger partial charge is 0.379 e. The molecule has 1 aromatic rings. The molecule has 2 amide bonds. The Hall–Kier alpha value is -2.44. The molecule has 1 aromatic carbocycles. The fourth-order valence-corrected chi connectivity index (χ4v) is 2.33. The average molecular weight is 335 g/mol. The third-order valence-electron chi connectivity index (χ3n) is 3.61. The fraction of sp³-hybridized carbons (Fsp3) is 0.471. The van der Waals surface area contributed by atoms with Crippen LogP contribution in [0.5, 0.6) is 0 Å². The van der Waals surface area contributed by atoms with Crippen molar-refractivity contribution in [3.8, 4) is 0 Å². The van der Waals surface area contributed by atoms with E-state index in [1.165, 1.54) is 12.1 Å². The van der Waals surface area contributed by atoms with Crippen molar-refractivity contribution in [2.75, 3.05) is 6.54 Å². The number of amides is 2. The van der Waals surface area contributed by atoms with Gasteiger partial charge in [-0.1, -0.05) is 17.3 Å². The Morgan fingerprint density at radius 2 is 2.00 bits per heavy atom. The van der Waals surface area contributed by atoms with E-state index in [0.717, 1.165) is 0 Å². The summed E-state index contributed by atoms with van der Waals surface area (Å²) in [6, 6.07) is 5.92. The maximum atomic E-state index is 13.0. The predicted molar refractivity (Wildman–Crippen MR) is 87.9 cm³/mol. The molecule has 0 fully saturated rings. The van der Waals surface area contributed by atoms with Crippen molar-refractivity contribution in [3.05, 3.63) is 35.6 Å². The number of carbonyl (C=O) groups is 2. The summed E-state index contributed by atoms with van der Waals surface area (Å²) in [6.07, 6.45) is 0.480. The molecular formula is C17H22FN3O3. The van der Waals surface area contributed by atoms with Crippen molar-refractivity contribution in [3.63, 3.8) is 0 Å². The third kappa shape index (κ3) is 4.53. The van der Waals surface area contributed by atoms with Gasteiger partial charge in [0.25, 0.3) is 5.91 Å². The zero-order chi connectivity index (χ0) is 17.7. The van der Waals surface area contributed by atoms with Crippen LogP contribution in [-0.4, -0.2) is 35.7 Å². The van der Waals surface area contributed by atoms with Crippen molar-refractivity contribution < 1.29 is 18.8 Å². The predicted octanol–water partition coefficient (Wildman–Crippen LogP) is 1.74. The normalized spacial score (nSPS) is 19.6. The molecule has 0 aliphatic carbocycles. The minimum absolute atomic E-state index is 0.0653. The Kier molecular flexibility index (Phi) is 5.54. The summed E-state index contributed by atoms with van der Waals surface area (Å²) in [5, 5.41) is 9.39. The van der Waals surface area contributed by atoms with Gasteiger partial charge in [0.2, 0.25) is 11.5 Å². The Labute approximate surface area is 140 Å². The van der Waals surface area contributed by atoms with E-state index >= 15 is 0 Å². The van der Waals surface area contributed by atoms with Crippen molar-refractivity contribution in [1.82, 2.24) is 10.6 Å². The molecule has 1 heterocycles. The van der Waals surface area contributed by atoms with Gasteiger partial charge in [-0.3, -0.25) is 9.59 Å². The molecule has 6 nitrogen and oxygen atoms in total. The number of rotatable bonds is 6. The Morgan fingerprint density at radius 1 is 1.33 bits per heavy atom. The zero-order valence-electron chi connectivity index (χ0n) is 14.1. The van der Waals surface area contributed by atoms with E-state index in [-0.39, 0.29) is 43.1 Å². The molecule has 130 valence electrons. The molecular weight excluding hydrogens is 313 g/mol. The lowest BCUT2D eigenvalue weighted by atomic mass is 9.95. The summed E-state index contributed by atoms with van der Waals surface area (Å²) >= 11 is 0. The summed E-state index contributed by atoms with van der Waals surface area (Å²) < 4.78 is 13.0. The van der Waals surface area contributed by atoms with Gasteiger partial charge in [-0.25, -0.2) is 4.39 Å². The van der Waals surface area contributed by atoms with Crippen molar-refractivity contribution in [1.29, 1.82) is 0 Å². The van der Waals surface area contributed by atoms with E-state index in [4.69, 9.17) is 4.84 Å². The number of nitrogens with zero attached hydrogens (tertiary/aromatic N) is 1. The summed E-state index contributed by atoms with van der Waals surface area (Å²) in [5.74, 6) is -0.787. The van der Waals surface area contributed by atoms with Gasteiger partial charge in [-0.05, 0) is 38.5 Å². The van der Waals surface area contributed by atoms with E-state index < -0.39 is 5.60 Å². The van der Waals surface area contributed by atoms with E-state index in [2.05, 4.69) is 15.8 Å². The molecule has 0 bridgehead atoms. The monoisotopic (exact) mass is 335 g/mol. The maximum Gasteiger partial charge on any atom is 0.267 e. The Morgan fingerprint density at radius 3 is 2.62 bits per heavy atom. The fourth-order valence-electron chi connectivity index (χ4n) is 2.33. The van der Waals surface area contributed by atoms with Crippen LogP contribution in [0.4, 0.5) is 4.39 Å². The van der Waals surface area contributed by atoms with E-state index in [0.29, 0.717) is 11.3 Å². The van der Waals surface area contributed by atoms with Gasteiger partial charge in [0.05, 0.1) is 5.71 Å². The lowest BCUT2D eigenvalue weighted by Crippen LogP contribution is -2.46. The number of benzene rings is 1. The smallest absolute Gasteiger partial charge is 0.267 e. The number of nitrogens with one attached hydrogen (secondary N) is 2. The molecule has 0 unspecified atom stereocenters. The van der Waals surface area contributed by atoms with Crippen molar-refractivity contribution >= 4 is 17.5 Å². The molecule has 1 aliphatic heterocycles. The average Bonchev–Trinajstić information content (AvgIpc) is 2.91. The van der Waals surface area contributed by atoms with Crippen LogP contribution in [-0.2, 0) is 14.4 Å². The molecule has 24 heavy (non-hydrogen) atoms. The van der Waals surface area contributed by atoms with Crippen molar-refractivity contribution in [2.24, 2.45) is 5.16 Å². The molecule has 2 N–H and O–H groups in total. The van der Waals surface area contributed by atoms with Gasteiger partial charge in [-0.15, -0.1) is 0 Å². The number of hydrogen-bond donors (Lipinski definition) is 2. The Bertz CT molecular complexity index is 643. The van der Waals surface area contributed by atoms with Gasteiger partial charge < -0.3 is 15.5 Å². The number of hydrogen-bond acceptors (Lipinski definition) is 4. The third-order valence-corrected chi connectivity index (χ3v) is 3.61. The van der Waals surface area contributed by atoms with Gasteiger partial charge in [-0.2, -0.15) is 0 Å². The summed E-state index contributed by atoms with van der Waals surface area (Å²) in [5.41, 5.74) is 0.174. The first-order valence-electron chi connectivity index (χ1n) is 7.89. The van der Waals surface area contributed by atoms with Gasteiger partial charge in [0.15, 0.2) is 0 Å². The molecule has 7 heteroatoms. The summed E-state index contributed by atoms with van der Waals surface area (Å²) in [4.78, 5) is 29.2. The molecule has 0 radical (unpaired) electrons. The molecule has 1 atom stereocenters. The number of carbonyl (C=O) groups excluding carboxylic acids is 2. The first-order chi connectivity index (χ1) is 11.3. The number of halogens is 1. The van der Waals surface area contributed by atoms with Gasteiger partial charge in [0.1, 0.15) is 5.82 Å². The lowest BCUT2D eigenvalue weighted by Gasteiger charge is -2.20. The first kappa shape index (κ1) is 17.9. The van der Waals surface area contributed by atoms with Crippen molar-refractivity contribution in [2.45, 2.75) is 45.3 Å². The standard InChI is InChI=1S/C17H22FN3O3/c1-11(2)20-15(22)8-9-19-16(23)17(3)10-14(21-24-17)12-4-6-13(18)7-5-12/h4-7,11H,8-10H2,1-3H3,(H,19,23)(H,20,22)/t17-/m0/s1. The van der Waals surface area contributed by atoms with Crippen LogP contribution in [0, 0.1) is 5.82 Å². The van der Waals surface area contributed by atoms with Gasteiger partial charge >= 0.3 is 0 Å². The lowest BCUT2D eigenvalue weighted by molar-refractivity contribution is -0.141. The van der Waals surface area contributed by atoms with E-state index in [1.54, 1.807) is 19.1 Å². The molecule has 0 saturated heterocycles. The zero-order valence-corrected chi connectivity index (χ0v) is 14.1. The molecule has 0 aromatic heterocycles. The second-order valence-electron chi connectivity index (χ2n) is 6.27. The van der Waals surface area contributed by atoms with Gasteiger partial charge in [0, 0.05) is 25.4 Å². The highest BCUT2D eigenvalue weighted by Crippen LogP contribution is 2.26. The van der Waals surface area contributed by atoms with E-state index in [1.807, 2.05) is 13.8 Å². The Balaban J connectivity index is 1.85. The number of oxime groups is 1. The van der Waals surface area contributed by atoms with Crippen LogP contribution in [0.3, 0.4) is 0 Å². The van der Waals surface area contributed by atoms with Crippen LogP contribution in [0.15, 0.2) is 29.4 Å². The molecule has 1 aliphatic rings. The molecule has 0 spiro atoms. The maximum absolute atomic E-state index is 13.0. The highest BCUT2D eigenvalue weighted by Gasteiger charge is 2.42. The highest BCUT2D eigenvalue weighted by atomic mass is 19.1. The van der Waals surface area contributed by atoms with Crippen LogP contribution < -0.4 is 10.6 Å². The van der Waals surface area contributed by atoms with Crippen LogP contribution >= 0.6 is 0 Å². The second-order valence-corrected chi connectivity index (χ2v) is 6.27. The molecule has 2 rings (SSSR count). The second kappa shape index (κ2) is 7.42. The van der Waals surface area contributed by atoms with Crippen LogP contribution in [0.2, 0.25) is 0 Å². The highest BCUT2D eigenvalue weighted by molar-refractivity contribution is 6.05. The minimum Gasteiger partial charge on any atom is -0.379 e. The minimum atomic E-state index is -1.13. The quantitative estimate of drug-likeness (QED) is 0.831. The summed E-state index contributed by atoms with van der Waals surface area (Å²) in [7, 11) is 0. The SMILES string of the molecule is CC(C)NC(=O)CCNC(=O)[C@]1(C)CC(c2ccc(F)cc2)=NO1. The molecule has 0 saturated carbocycles. The van der Waals surface area contributed by atoms with Crippen LogP contribution in [0.1, 0.15) is 39.2 Å².